The lowest BCUT2D eigenvalue weighted by Gasteiger charge is -2.41. The molecule has 0 bridgehead atoms. The van der Waals surface area contributed by atoms with Crippen LogP contribution < -0.4 is 5.32 Å². The zero-order valence-electron chi connectivity index (χ0n) is 14.4. The zero-order chi connectivity index (χ0) is 19.2. The van der Waals surface area contributed by atoms with Crippen molar-refractivity contribution in [3.05, 3.63) is 57.3 Å². The third kappa shape index (κ3) is 3.10. The Bertz CT molecular complexity index is 872. The average Bonchev–Trinajstić information content (AvgIpc) is 2.88. The molecule has 2 heterocycles. The van der Waals surface area contributed by atoms with E-state index in [0.717, 1.165) is 12.1 Å². The number of allylic oxidation sites excluding steroid dienone is 2. The number of aliphatic hydroxyl groups excluding tert-OH is 1. The van der Waals surface area contributed by atoms with E-state index >= 15 is 0 Å². The van der Waals surface area contributed by atoms with E-state index in [1.165, 1.54) is 25.1 Å². The van der Waals surface area contributed by atoms with Gasteiger partial charge in [0, 0.05) is 11.6 Å². The first-order chi connectivity index (χ1) is 12.1. The van der Waals surface area contributed by atoms with E-state index < -0.39 is 40.3 Å². The second-order valence-electron chi connectivity index (χ2n) is 6.67. The minimum Gasteiger partial charge on any atom is -0.484 e. The number of carbonyl (C=O) groups excluding carboxylic acids is 2. The van der Waals surface area contributed by atoms with Crippen molar-refractivity contribution in [3.8, 4) is 0 Å². The third-order valence-electron chi connectivity index (χ3n) is 4.33. The minimum atomic E-state index is -1.84. The Hall–Kier alpha value is -2.32. The number of rotatable bonds is 3. The van der Waals surface area contributed by atoms with E-state index in [1.54, 1.807) is 13.8 Å². The molecule has 3 atom stereocenters. The maximum absolute atomic E-state index is 13.0. The Morgan fingerprint density at radius 1 is 1.27 bits per heavy atom. The largest absolute Gasteiger partial charge is 0.484 e. The van der Waals surface area contributed by atoms with Gasteiger partial charge in [-0.2, -0.15) is 0 Å². The Labute approximate surface area is 152 Å². The van der Waals surface area contributed by atoms with Crippen molar-refractivity contribution in [3.63, 3.8) is 0 Å². The van der Waals surface area contributed by atoms with Gasteiger partial charge in [-0.05, 0) is 45.0 Å². The van der Waals surface area contributed by atoms with Crippen molar-refractivity contribution in [2.45, 2.75) is 38.5 Å². The molecule has 1 amide bonds. The van der Waals surface area contributed by atoms with Crippen molar-refractivity contribution in [1.82, 2.24) is 5.32 Å². The lowest BCUT2D eigenvalue weighted by molar-refractivity contribution is -0.113. The molecule has 6 nitrogen and oxygen atoms in total. The lowest BCUT2D eigenvalue weighted by atomic mass is 9.91. The molecule has 138 valence electrons. The number of aliphatic hydroxyl groups is 1. The minimum absolute atomic E-state index is 0.0564. The number of amides is 1. The molecule has 0 aliphatic carbocycles. The van der Waals surface area contributed by atoms with Crippen LogP contribution in [-0.2, 0) is 20.3 Å². The fourth-order valence-corrected chi connectivity index (χ4v) is 4.31. The molecule has 0 spiro atoms. The van der Waals surface area contributed by atoms with Gasteiger partial charge in [0.05, 0.1) is 26.7 Å². The molecule has 1 aromatic rings. The molecule has 26 heavy (non-hydrogen) atoms. The first-order valence-electron chi connectivity index (χ1n) is 7.94. The highest BCUT2D eigenvalue weighted by atomic mass is 32.2. The predicted octanol–water partition coefficient (Wildman–Crippen LogP) is 1.54. The molecule has 0 fully saturated rings. The fourth-order valence-electron chi connectivity index (χ4n) is 2.89. The summed E-state index contributed by atoms with van der Waals surface area (Å²) in [7, 11) is -1.84. The van der Waals surface area contributed by atoms with Crippen LogP contribution in [0.15, 0.2) is 45.9 Å². The van der Waals surface area contributed by atoms with Gasteiger partial charge in [-0.25, -0.2) is 8.60 Å². The third-order valence-corrected chi connectivity index (χ3v) is 5.99. The van der Waals surface area contributed by atoms with Crippen molar-refractivity contribution in [2.24, 2.45) is 0 Å². The van der Waals surface area contributed by atoms with Crippen molar-refractivity contribution >= 4 is 22.5 Å². The first-order valence-corrected chi connectivity index (χ1v) is 9.09. The van der Waals surface area contributed by atoms with Gasteiger partial charge < -0.3 is 15.2 Å². The van der Waals surface area contributed by atoms with Gasteiger partial charge in [0.25, 0.3) is 5.91 Å². The number of halogens is 1. The monoisotopic (exact) mass is 379 g/mol. The highest BCUT2D eigenvalue weighted by Gasteiger charge is 2.49. The lowest BCUT2D eigenvalue weighted by Crippen LogP contribution is -2.57. The predicted molar refractivity (Wildman–Crippen MR) is 92.8 cm³/mol. The Balaban J connectivity index is 1.95. The molecule has 3 rings (SSSR count). The van der Waals surface area contributed by atoms with Gasteiger partial charge in [0.2, 0.25) is 0 Å². The van der Waals surface area contributed by atoms with Crippen LogP contribution in [0.5, 0.6) is 0 Å². The quantitative estimate of drug-likeness (QED) is 0.831. The maximum Gasteiger partial charge on any atom is 0.251 e. The molecule has 2 aliphatic heterocycles. The van der Waals surface area contributed by atoms with Gasteiger partial charge in [-0.1, -0.05) is 0 Å². The number of ketones is 1. The molecule has 1 aromatic carbocycles. The number of ether oxygens (including phenoxy) is 1. The number of nitrogens with one attached hydrogen (secondary N) is 1. The Morgan fingerprint density at radius 3 is 2.46 bits per heavy atom. The standard InChI is InChI=1S/C18H18FNO5S/c1-9(21)13-8-12-15(26(13)24)14(16(22)18(2,3)25-12)20-17(23)10-4-6-11(19)7-5-10/h4-8,14,16,22H,1-3H3,(H,20,23)/t14-,16+,26?/m1/s1. The van der Waals surface area contributed by atoms with Crippen LogP contribution in [-0.4, -0.2) is 38.8 Å². The number of Topliss-reactive ketones (excluding diaryl/α,β-unsaturated/α-hetero) is 1. The highest BCUT2D eigenvalue weighted by molar-refractivity contribution is 7.94. The van der Waals surface area contributed by atoms with E-state index in [-0.39, 0.29) is 26.9 Å². The molecular weight excluding hydrogens is 361 g/mol. The van der Waals surface area contributed by atoms with Crippen LogP contribution in [0, 0.1) is 5.82 Å². The molecule has 2 aliphatic rings. The van der Waals surface area contributed by atoms with Gasteiger partial charge in [0.1, 0.15) is 23.3 Å². The van der Waals surface area contributed by atoms with E-state index in [2.05, 4.69) is 5.32 Å². The molecule has 0 saturated carbocycles. The van der Waals surface area contributed by atoms with Gasteiger partial charge in [-0.3, -0.25) is 9.59 Å². The van der Waals surface area contributed by atoms with Crippen LogP contribution in [0.2, 0.25) is 0 Å². The molecule has 1 unspecified atom stereocenters. The van der Waals surface area contributed by atoms with Crippen LogP contribution >= 0.6 is 0 Å². The summed E-state index contributed by atoms with van der Waals surface area (Å²) < 4.78 is 31.4. The Kier molecular flexibility index (Phi) is 4.58. The first kappa shape index (κ1) is 18.5. The summed E-state index contributed by atoms with van der Waals surface area (Å²) in [5.74, 6) is -1.21. The summed E-state index contributed by atoms with van der Waals surface area (Å²) in [6, 6.07) is 3.89. The number of hydrogen-bond donors (Lipinski definition) is 2. The van der Waals surface area contributed by atoms with E-state index in [1.807, 2.05) is 0 Å². The summed E-state index contributed by atoms with van der Waals surface area (Å²) in [6.45, 7) is 4.54. The molecule has 0 aromatic heterocycles. The average molecular weight is 379 g/mol. The van der Waals surface area contributed by atoms with Gasteiger partial charge >= 0.3 is 0 Å². The van der Waals surface area contributed by atoms with Crippen LogP contribution in [0.1, 0.15) is 31.1 Å². The topological polar surface area (TPSA) is 92.7 Å². The summed E-state index contributed by atoms with van der Waals surface area (Å²) in [6.07, 6.45) is 0.188. The number of hydrogen-bond acceptors (Lipinski definition) is 5. The summed E-state index contributed by atoms with van der Waals surface area (Å²) in [5.41, 5.74) is -0.888. The SMILES string of the molecule is CC(=O)C1=CC2=C([C@@H](NC(=O)c3ccc(F)cc3)[C@H](O)C(C)(C)O2)S1=O. The molecule has 0 saturated heterocycles. The van der Waals surface area contributed by atoms with Crippen molar-refractivity contribution in [2.75, 3.05) is 0 Å². The van der Waals surface area contributed by atoms with Crippen molar-refractivity contribution in [1.29, 1.82) is 0 Å². The molecular formula is C18H18FNO5S. The highest BCUT2D eigenvalue weighted by Crippen LogP contribution is 2.40. The van der Waals surface area contributed by atoms with Crippen LogP contribution in [0.25, 0.3) is 0 Å². The van der Waals surface area contributed by atoms with Gasteiger partial charge in [-0.15, -0.1) is 0 Å². The Morgan fingerprint density at radius 2 is 1.88 bits per heavy atom. The fraction of sp³-hybridized carbons (Fsp3) is 0.333. The van der Waals surface area contributed by atoms with E-state index in [4.69, 9.17) is 4.74 Å². The molecule has 0 radical (unpaired) electrons. The number of carbonyl (C=O) groups is 2. The van der Waals surface area contributed by atoms with Gasteiger partial charge in [0.15, 0.2) is 5.78 Å². The zero-order valence-corrected chi connectivity index (χ0v) is 15.2. The number of benzene rings is 1. The molecule has 2 N–H and O–H groups in total. The summed E-state index contributed by atoms with van der Waals surface area (Å²) >= 11 is 0. The summed E-state index contributed by atoms with van der Waals surface area (Å²) in [5, 5.41) is 13.3. The van der Waals surface area contributed by atoms with Crippen LogP contribution in [0.3, 0.4) is 0 Å². The second kappa shape index (κ2) is 6.44. The normalized spacial score (nSPS) is 26.7. The molecule has 8 heteroatoms. The van der Waals surface area contributed by atoms with Crippen LogP contribution in [0.4, 0.5) is 4.39 Å². The van der Waals surface area contributed by atoms with Crippen molar-refractivity contribution < 1.29 is 28.0 Å². The van der Waals surface area contributed by atoms with E-state index in [9.17, 15) is 23.3 Å². The second-order valence-corrected chi connectivity index (χ2v) is 8.09. The summed E-state index contributed by atoms with van der Waals surface area (Å²) in [4.78, 5) is 24.4. The maximum atomic E-state index is 13.0. The van der Waals surface area contributed by atoms with E-state index in [0.29, 0.717) is 0 Å². The smallest absolute Gasteiger partial charge is 0.251 e.